The Morgan fingerprint density at radius 2 is 2.04 bits per heavy atom. The fraction of sp³-hybridized carbons (Fsp3) is 0.600. The molecule has 1 aromatic carbocycles. The molecule has 4 heteroatoms. The minimum absolute atomic E-state index is 0.0118. The van der Waals surface area contributed by atoms with E-state index in [1.165, 1.54) is 24.1 Å². The Balaban J connectivity index is 1.69. The molecule has 4 rings (SSSR count). The largest absolute Gasteiger partial charge is 0.493 e. The van der Waals surface area contributed by atoms with E-state index in [2.05, 4.69) is 24.1 Å². The minimum atomic E-state index is -0.322. The summed E-state index contributed by atoms with van der Waals surface area (Å²) < 4.78 is 11.6. The molecule has 2 atom stereocenters. The first-order valence-electron chi connectivity index (χ1n) is 9.05. The number of benzene rings is 1. The van der Waals surface area contributed by atoms with Crippen molar-refractivity contribution in [3.8, 4) is 11.5 Å². The Hall–Kier alpha value is -1.68. The summed E-state index contributed by atoms with van der Waals surface area (Å²) in [4.78, 5) is 2.29. The van der Waals surface area contributed by atoms with Crippen LogP contribution in [0.4, 0.5) is 0 Å². The molecule has 1 aromatic rings. The first-order chi connectivity index (χ1) is 11.6. The number of ether oxygens (including phenoxy) is 2. The highest BCUT2D eigenvalue weighted by molar-refractivity contribution is 5.49. The van der Waals surface area contributed by atoms with Gasteiger partial charge in [0, 0.05) is 24.7 Å². The lowest BCUT2D eigenvalue weighted by molar-refractivity contribution is 0.181. The van der Waals surface area contributed by atoms with Crippen LogP contribution in [0.2, 0.25) is 0 Å². The number of allylic oxidation sites excluding steroid dienone is 1. The highest BCUT2D eigenvalue weighted by Crippen LogP contribution is 2.50. The van der Waals surface area contributed by atoms with Crippen LogP contribution in [-0.4, -0.2) is 43.4 Å². The van der Waals surface area contributed by atoms with Crippen molar-refractivity contribution in [2.24, 2.45) is 5.92 Å². The highest BCUT2D eigenvalue weighted by atomic mass is 16.5. The molecular formula is C20H27NO3. The van der Waals surface area contributed by atoms with Crippen LogP contribution in [0, 0.1) is 5.92 Å². The fourth-order valence-corrected chi connectivity index (χ4v) is 4.19. The number of aliphatic hydroxyl groups is 1. The van der Waals surface area contributed by atoms with Crippen molar-refractivity contribution in [2.75, 3.05) is 27.3 Å². The van der Waals surface area contributed by atoms with E-state index in [1.54, 1.807) is 7.11 Å². The van der Waals surface area contributed by atoms with Crippen molar-refractivity contribution < 1.29 is 14.6 Å². The number of rotatable bonds is 5. The lowest BCUT2D eigenvalue weighted by Gasteiger charge is -2.37. The third kappa shape index (κ3) is 2.67. The quantitative estimate of drug-likeness (QED) is 0.901. The summed E-state index contributed by atoms with van der Waals surface area (Å²) in [7, 11) is 3.82. The van der Waals surface area contributed by atoms with E-state index in [-0.39, 0.29) is 11.5 Å². The molecule has 0 unspecified atom stereocenters. The van der Waals surface area contributed by atoms with Crippen molar-refractivity contribution in [2.45, 2.75) is 43.6 Å². The zero-order chi connectivity index (χ0) is 16.7. The second kappa shape index (κ2) is 5.99. The van der Waals surface area contributed by atoms with Gasteiger partial charge in [-0.05, 0) is 61.8 Å². The Bertz CT molecular complexity index is 652. The summed E-state index contributed by atoms with van der Waals surface area (Å²) in [5.74, 6) is 2.38. The summed E-state index contributed by atoms with van der Waals surface area (Å²) in [6, 6.07) is 6.38. The Labute approximate surface area is 144 Å². The number of methoxy groups -OCH3 is 1. The Morgan fingerprint density at radius 3 is 2.79 bits per heavy atom. The molecule has 0 spiro atoms. The molecule has 24 heavy (non-hydrogen) atoms. The molecule has 1 saturated carbocycles. The summed E-state index contributed by atoms with van der Waals surface area (Å²) in [6.45, 7) is 1.82. The molecule has 1 heterocycles. The molecule has 0 bridgehead atoms. The number of fused-ring (bicyclic) bond motifs is 1. The number of hydrogen-bond donors (Lipinski definition) is 1. The molecule has 2 aliphatic carbocycles. The van der Waals surface area contributed by atoms with Crippen molar-refractivity contribution in [3.63, 3.8) is 0 Å². The molecule has 2 fully saturated rings. The van der Waals surface area contributed by atoms with E-state index in [9.17, 15) is 5.11 Å². The maximum atomic E-state index is 10.1. The fourth-order valence-electron chi connectivity index (χ4n) is 4.19. The van der Waals surface area contributed by atoms with Crippen LogP contribution >= 0.6 is 0 Å². The number of aliphatic hydroxyl groups excluding tert-OH is 1. The van der Waals surface area contributed by atoms with Gasteiger partial charge in [-0.25, -0.2) is 0 Å². The number of nitrogens with zero attached hydrogens (tertiary/aromatic N) is 1. The van der Waals surface area contributed by atoms with Gasteiger partial charge in [0.15, 0.2) is 11.5 Å². The molecule has 0 radical (unpaired) electrons. The molecule has 0 amide bonds. The number of likely N-dealkylation sites (tertiary alicyclic amines) is 1. The third-order valence-corrected chi connectivity index (χ3v) is 5.88. The average Bonchev–Trinajstić information content (AvgIpc) is 3.37. The van der Waals surface area contributed by atoms with E-state index in [1.807, 2.05) is 12.1 Å². The van der Waals surface area contributed by atoms with Gasteiger partial charge in [-0.15, -0.1) is 0 Å². The molecule has 1 N–H and O–H groups in total. The van der Waals surface area contributed by atoms with Gasteiger partial charge in [0.2, 0.25) is 0 Å². The first kappa shape index (κ1) is 15.8. The zero-order valence-corrected chi connectivity index (χ0v) is 14.6. The van der Waals surface area contributed by atoms with E-state index >= 15 is 0 Å². The van der Waals surface area contributed by atoms with Gasteiger partial charge in [-0.3, -0.25) is 0 Å². The second-order valence-corrected chi connectivity index (χ2v) is 7.53. The molecule has 130 valence electrons. The van der Waals surface area contributed by atoms with Gasteiger partial charge in [-0.2, -0.15) is 0 Å². The van der Waals surface area contributed by atoms with E-state index in [0.29, 0.717) is 0 Å². The topological polar surface area (TPSA) is 41.9 Å². The summed E-state index contributed by atoms with van der Waals surface area (Å²) in [5.41, 5.74) is 2.56. The molecule has 1 saturated heterocycles. The SMILES string of the molecule is COc1ccc([C@@]23CC[C@@H](O)C=C2N(C)CC3)cc1OCC1CC1. The van der Waals surface area contributed by atoms with Gasteiger partial charge in [0.25, 0.3) is 0 Å². The number of likely N-dealkylation sites (N-methyl/N-ethyl adjacent to an activating group) is 1. The predicted molar refractivity (Wildman–Crippen MR) is 93.5 cm³/mol. The highest BCUT2D eigenvalue weighted by Gasteiger charge is 2.45. The summed E-state index contributed by atoms with van der Waals surface area (Å²) in [5, 5.41) is 10.1. The van der Waals surface area contributed by atoms with Crippen LogP contribution in [0.5, 0.6) is 11.5 Å². The first-order valence-corrected chi connectivity index (χ1v) is 9.05. The van der Waals surface area contributed by atoms with Crippen molar-refractivity contribution in [3.05, 3.63) is 35.5 Å². The zero-order valence-electron chi connectivity index (χ0n) is 14.6. The van der Waals surface area contributed by atoms with E-state index < -0.39 is 0 Å². The number of hydrogen-bond acceptors (Lipinski definition) is 4. The molecule has 1 aliphatic heterocycles. The molecular weight excluding hydrogens is 302 g/mol. The van der Waals surface area contributed by atoms with Crippen LogP contribution < -0.4 is 9.47 Å². The predicted octanol–water partition coefficient (Wildman–Crippen LogP) is 3.10. The van der Waals surface area contributed by atoms with Gasteiger partial charge in [-0.1, -0.05) is 6.07 Å². The van der Waals surface area contributed by atoms with Crippen LogP contribution in [0.3, 0.4) is 0 Å². The second-order valence-electron chi connectivity index (χ2n) is 7.53. The van der Waals surface area contributed by atoms with Crippen LogP contribution in [0.1, 0.15) is 37.7 Å². The maximum absolute atomic E-state index is 10.1. The lowest BCUT2D eigenvalue weighted by atomic mass is 9.70. The minimum Gasteiger partial charge on any atom is -0.493 e. The van der Waals surface area contributed by atoms with Gasteiger partial charge >= 0.3 is 0 Å². The Kier molecular flexibility index (Phi) is 3.95. The van der Waals surface area contributed by atoms with Gasteiger partial charge in [0.1, 0.15) is 0 Å². The average molecular weight is 329 g/mol. The van der Waals surface area contributed by atoms with Gasteiger partial charge < -0.3 is 19.5 Å². The van der Waals surface area contributed by atoms with Crippen LogP contribution in [0.25, 0.3) is 0 Å². The lowest BCUT2D eigenvalue weighted by Crippen LogP contribution is -2.33. The van der Waals surface area contributed by atoms with Crippen LogP contribution in [0.15, 0.2) is 30.0 Å². The van der Waals surface area contributed by atoms with Crippen molar-refractivity contribution in [1.29, 1.82) is 0 Å². The normalized spacial score (nSPS) is 29.2. The smallest absolute Gasteiger partial charge is 0.161 e. The summed E-state index contributed by atoms with van der Waals surface area (Å²) in [6.07, 6.45) is 7.18. The maximum Gasteiger partial charge on any atom is 0.161 e. The van der Waals surface area contributed by atoms with E-state index in [4.69, 9.17) is 9.47 Å². The Morgan fingerprint density at radius 1 is 1.21 bits per heavy atom. The van der Waals surface area contributed by atoms with Crippen molar-refractivity contribution >= 4 is 0 Å². The molecule has 4 nitrogen and oxygen atoms in total. The standard InChI is InChI=1S/C20H27NO3/c1-21-10-9-20(8-7-16(22)12-19(20)21)15-5-6-17(23-2)18(11-15)24-13-14-3-4-14/h5-6,11-12,14,16,22H,3-4,7-10,13H2,1-2H3/t16-,20+/m1/s1. The monoisotopic (exact) mass is 329 g/mol. The third-order valence-electron chi connectivity index (χ3n) is 5.88. The van der Waals surface area contributed by atoms with E-state index in [0.717, 1.165) is 49.8 Å². The van der Waals surface area contributed by atoms with Crippen molar-refractivity contribution in [1.82, 2.24) is 4.90 Å². The van der Waals surface area contributed by atoms with Gasteiger partial charge in [0.05, 0.1) is 19.8 Å². The molecule has 0 aromatic heterocycles. The van der Waals surface area contributed by atoms with Crippen LogP contribution in [-0.2, 0) is 5.41 Å². The summed E-state index contributed by atoms with van der Waals surface area (Å²) >= 11 is 0. The molecule has 3 aliphatic rings.